The van der Waals surface area contributed by atoms with Crippen molar-refractivity contribution < 1.29 is 19.1 Å². The number of unbranched alkanes of at least 4 members (excludes halogenated alkanes) is 2. The number of esters is 2. The first-order valence-electron chi connectivity index (χ1n) is 10.9. The van der Waals surface area contributed by atoms with Crippen molar-refractivity contribution in [3.63, 3.8) is 0 Å². The van der Waals surface area contributed by atoms with Crippen LogP contribution in [0, 0.1) is 11.8 Å². The summed E-state index contributed by atoms with van der Waals surface area (Å²) in [5.74, 6) is 0.595. The Labute approximate surface area is 166 Å². The Morgan fingerprint density at radius 2 is 1.33 bits per heavy atom. The maximum absolute atomic E-state index is 12.2. The van der Waals surface area contributed by atoms with Gasteiger partial charge in [-0.1, -0.05) is 60.0 Å². The number of ether oxygens (including phenoxy) is 2. The normalized spacial score (nSPS) is 22.1. The van der Waals surface area contributed by atoms with Crippen molar-refractivity contribution in [1.29, 1.82) is 0 Å². The van der Waals surface area contributed by atoms with Crippen LogP contribution in [0.4, 0.5) is 0 Å². The first-order chi connectivity index (χ1) is 12.8. The average molecular weight is 381 g/mol. The Hall–Kier alpha value is -1.32. The van der Waals surface area contributed by atoms with Crippen LogP contribution in [0.1, 0.15) is 98.3 Å². The molecule has 0 aromatic heterocycles. The molecule has 27 heavy (non-hydrogen) atoms. The Kier molecular flexibility index (Phi) is 11.4. The SMILES string of the molecule is C=C1CC(=O)OC(CCCCC(C)C)CCC(CCCCC(C)C)OC1=O. The van der Waals surface area contributed by atoms with E-state index in [1.54, 1.807) is 0 Å². The molecule has 0 amide bonds. The molecule has 1 aliphatic rings. The molecule has 1 rings (SSSR count). The molecule has 156 valence electrons. The maximum atomic E-state index is 12.2. The summed E-state index contributed by atoms with van der Waals surface area (Å²) in [6.07, 6.45) is 9.87. The van der Waals surface area contributed by atoms with Gasteiger partial charge in [-0.3, -0.25) is 4.79 Å². The Morgan fingerprint density at radius 3 is 1.81 bits per heavy atom. The highest BCUT2D eigenvalue weighted by Gasteiger charge is 2.25. The van der Waals surface area contributed by atoms with Crippen molar-refractivity contribution in [2.75, 3.05) is 0 Å². The van der Waals surface area contributed by atoms with Gasteiger partial charge >= 0.3 is 11.9 Å². The predicted octanol–water partition coefficient (Wildman–Crippen LogP) is 5.98. The van der Waals surface area contributed by atoms with Crippen molar-refractivity contribution in [1.82, 2.24) is 0 Å². The summed E-state index contributed by atoms with van der Waals surface area (Å²) in [7, 11) is 0. The second-order valence-electron chi connectivity index (χ2n) is 8.85. The Balaban J connectivity index is 2.57. The van der Waals surface area contributed by atoms with Crippen LogP contribution in [0.5, 0.6) is 0 Å². The van der Waals surface area contributed by atoms with Crippen molar-refractivity contribution in [3.8, 4) is 0 Å². The minimum atomic E-state index is -0.448. The van der Waals surface area contributed by atoms with Crippen LogP contribution in [0.2, 0.25) is 0 Å². The fourth-order valence-corrected chi connectivity index (χ4v) is 3.45. The largest absolute Gasteiger partial charge is 0.462 e. The van der Waals surface area contributed by atoms with Crippen LogP contribution >= 0.6 is 0 Å². The molecule has 0 radical (unpaired) electrons. The molecule has 0 aliphatic carbocycles. The third-order valence-electron chi connectivity index (χ3n) is 5.14. The van der Waals surface area contributed by atoms with Crippen LogP contribution in [0.25, 0.3) is 0 Å². The molecule has 1 fully saturated rings. The van der Waals surface area contributed by atoms with E-state index in [-0.39, 0.29) is 30.2 Å². The van der Waals surface area contributed by atoms with Crippen molar-refractivity contribution in [2.24, 2.45) is 11.8 Å². The van der Waals surface area contributed by atoms with Crippen LogP contribution in [-0.4, -0.2) is 24.1 Å². The van der Waals surface area contributed by atoms with E-state index in [1.165, 1.54) is 12.8 Å². The molecule has 1 aliphatic heterocycles. The quantitative estimate of drug-likeness (QED) is 0.266. The minimum absolute atomic E-state index is 0.0681. The topological polar surface area (TPSA) is 52.6 Å². The fraction of sp³-hybridized carbons (Fsp3) is 0.826. The summed E-state index contributed by atoms with van der Waals surface area (Å²) < 4.78 is 11.3. The molecule has 1 saturated heterocycles. The number of carbonyl (C=O) groups excluding carboxylic acids is 2. The zero-order chi connectivity index (χ0) is 20.2. The third-order valence-corrected chi connectivity index (χ3v) is 5.14. The highest BCUT2D eigenvalue weighted by atomic mass is 16.6. The molecule has 0 bridgehead atoms. The number of hydrogen-bond acceptors (Lipinski definition) is 4. The van der Waals surface area contributed by atoms with Crippen LogP contribution in [-0.2, 0) is 19.1 Å². The maximum Gasteiger partial charge on any atom is 0.334 e. The van der Waals surface area contributed by atoms with Crippen LogP contribution < -0.4 is 0 Å². The van der Waals surface area contributed by atoms with Gasteiger partial charge in [0.05, 0.1) is 6.42 Å². The van der Waals surface area contributed by atoms with E-state index in [0.29, 0.717) is 11.8 Å². The van der Waals surface area contributed by atoms with Gasteiger partial charge in [-0.15, -0.1) is 0 Å². The van der Waals surface area contributed by atoms with E-state index >= 15 is 0 Å². The lowest BCUT2D eigenvalue weighted by Crippen LogP contribution is -2.27. The molecular weight excluding hydrogens is 340 g/mol. The Morgan fingerprint density at radius 1 is 0.852 bits per heavy atom. The highest BCUT2D eigenvalue weighted by molar-refractivity contribution is 5.93. The van der Waals surface area contributed by atoms with Crippen molar-refractivity contribution in [3.05, 3.63) is 12.2 Å². The molecule has 1 heterocycles. The first-order valence-corrected chi connectivity index (χ1v) is 10.9. The molecule has 4 heteroatoms. The highest BCUT2D eigenvalue weighted by Crippen LogP contribution is 2.23. The van der Waals surface area contributed by atoms with Gasteiger partial charge in [-0.25, -0.2) is 4.79 Å². The summed E-state index contributed by atoms with van der Waals surface area (Å²) in [6, 6.07) is 0. The number of carbonyl (C=O) groups is 2. The summed E-state index contributed by atoms with van der Waals surface area (Å²) in [6.45, 7) is 12.6. The van der Waals surface area contributed by atoms with Gasteiger partial charge in [-0.2, -0.15) is 0 Å². The predicted molar refractivity (Wildman–Crippen MR) is 109 cm³/mol. The summed E-state index contributed by atoms with van der Waals surface area (Å²) in [5, 5.41) is 0. The zero-order valence-corrected chi connectivity index (χ0v) is 17.9. The zero-order valence-electron chi connectivity index (χ0n) is 17.9. The molecule has 2 unspecified atom stereocenters. The summed E-state index contributed by atoms with van der Waals surface area (Å²) >= 11 is 0. The van der Waals surface area contributed by atoms with Gasteiger partial charge in [0.15, 0.2) is 0 Å². The lowest BCUT2D eigenvalue weighted by molar-refractivity contribution is -0.155. The van der Waals surface area contributed by atoms with Gasteiger partial charge in [0.2, 0.25) is 0 Å². The molecule has 0 aromatic rings. The number of hydrogen-bond donors (Lipinski definition) is 0. The molecule has 0 N–H and O–H groups in total. The monoisotopic (exact) mass is 380 g/mol. The summed E-state index contributed by atoms with van der Waals surface area (Å²) in [4.78, 5) is 24.2. The van der Waals surface area contributed by atoms with Gasteiger partial charge in [0.1, 0.15) is 12.2 Å². The van der Waals surface area contributed by atoms with Gasteiger partial charge in [0, 0.05) is 5.57 Å². The van der Waals surface area contributed by atoms with Crippen LogP contribution in [0.3, 0.4) is 0 Å². The van der Waals surface area contributed by atoms with Gasteiger partial charge < -0.3 is 9.47 Å². The lowest BCUT2D eigenvalue weighted by Gasteiger charge is -2.25. The second kappa shape index (κ2) is 13.0. The molecular formula is C23H40O4. The van der Waals surface area contributed by atoms with Gasteiger partial charge in [-0.05, 0) is 50.4 Å². The van der Waals surface area contributed by atoms with Crippen molar-refractivity contribution in [2.45, 2.75) is 111 Å². The number of cyclic esters (lactones) is 2. The van der Waals surface area contributed by atoms with E-state index in [4.69, 9.17) is 9.47 Å². The molecule has 0 spiro atoms. The van der Waals surface area contributed by atoms with Crippen molar-refractivity contribution >= 4 is 11.9 Å². The third kappa shape index (κ3) is 11.2. The molecule has 0 saturated carbocycles. The van der Waals surface area contributed by atoms with E-state index in [2.05, 4.69) is 34.3 Å². The Bertz CT molecular complexity index is 467. The van der Waals surface area contributed by atoms with E-state index < -0.39 is 5.97 Å². The average Bonchev–Trinajstić information content (AvgIpc) is 2.58. The standard InChI is InChI=1S/C23H40O4/c1-17(2)10-6-8-12-20-14-15-21(13-9-7-11-18(3)4)27-23(25)19(5)16-22(24)26-20/h17-18,20-21H,5-16H2,1-4H3. The fourth-order valence-electron chi connectivity index (χ4n) is 3.45. The van der Waals surface area contributed by atoms with E-state index in [9.17, 15) is 9.59 Å². The second-order valence-corrected chi connectivity index (χ2v) is 8.85. The van der Waals surface area contributed by atoms with Gasteiger partial charge in [0.25, 0.3) is 0 Å². The number of rotatable bonds is 10. The molecule has 0 aromatic carbocycles. The van der Waals surface area contributed by atoms with Crippen LogP contribution in [0.15, 0.2) is 12.2 Å². The smallest absolute Gasteiger partial charge is 0.334 e. The first kappa shape index (κ1) is 23.7. The van der Waals surface area contributed by atoms with E-state index in [1.807, 2.05) is 0 Å². The summed E-state index contributed by atoms with van der Waals surface area (Å²) in [5.41, 5.74) is 0.202. The minimum Gasteiger partial charge on any atom is -0.462 e. The van der Waals surface area contributed by atoms with E-state index in [0.717, 1.165) is 51.4 Å². The molecule has 2 atom stereocenters. The molecule has 4 nitrogen and oxygen atoms in total. The lowest BCUT2D eigenvalue weighted by atomic mass is 9.98.